The normalized spacial score (nSPS) is 13.4. The standard InChI is InChI=1S/C30H51N3O4S/c1-10-11-12-13-14-20-33(27(35)24(19-21-38-9)31-28(36)37-30(6,7)8)25(26(34)32-29(3,4)5)23-17-15-22(2)16-18-23/h15-18,24-25H,10-14,19-21H2,1-9H3,(H,31,36)(H,32,34). The predicted molar refractivity (Wildman–Crippen MR) is 158 cm³/mol. The Morgan fingerprint density at radius 3 is 2.11 bits per heavy atom. The van der Waals surface area contributed by atoms with Crippen LogP contribution < -0.4 is 10.6 Å². The molecule has 0 aliphatic rings. The molecule has 3 amide bonds. The van der Waals surface area contributed by atoms with Crippen LogP contribution in [-0.4, -0.2) is 58.5 Å². The molecular weight excluding hydrogens is 498 g/mol. The Balaban J connectivity index is 3.45. The van der Waals surface area contributed by atoms with Crippen molar-refractivity contribution < 1.29 is 19.1 Å². The van der Waals surface area contributed by atoms with Crippen LogP contribution in [0.1, 0.15) is 104 Å². The summed E-state index contributed by atoms with van der Waals surface area (Å²) in [5.41, 5.74) is 0.668. The smallest absolute Gasteiger partial charge is 0.408 e. The number of ether oxygens (including phenoxy) is 1. The van der Waals surface area contributed by atoms with Gasteiger partial charge in [0, 0.05) is 12.1 Å². The van der Waals surface area contributed by atoms with Gasteiger partial charge in [0.15, 0.2) is 0 Å². The van der Waals surface area contributed by atoms with E-state index in [0.717, 1.165) is 43.2 Å². The fraction of sp³-hybridized carbons (Fsp3) is 0.700. The number of hydrogen-bond donors (Lipinski definition) is 2. The monoisotopic (exact) mass is 549 g/mol. The van der Waals surface area contributed by atoms with Crippen LogP contribution in [0.25, 0.3) is 0 Å². The summed E-state index contributed by atoms with van der Waals surface area (Å²) in [5.74, 6) is 0.180. The largest absolute Gasteiger partial charge is 0.444 e. The van der Waals surface area contributed by atoms with E-state index in [1.165, 1.54) is 0 Å². The molecule has 0 aliphatic heterocycles. The average molecular weight is 550 g/mol. The Bertz CT molecular complexity index is 875. The highest BCUT2D eigenvalue weighted by atomic mass is 32.2. The van der Waals surface area contributed by atoms with E-state index in [1.54, 1.807) is 37.4 Å². The lowest BCUT2D eigenvalue weighted by Gasteiger charge is -2.36. The summed E-state index contributed by atoms with van der Waals surface area (Å²) in [4.78, 5) is 42.3. The Labute approximate surface area is 235 Å². The third kappa shape index (κ3) is 13.0. The van der Waals surface area contributed by atoms with Crippen molar-refractivity contribution in [3.8, 4) is 0 Å². The van der Waals surface area contributed by atoms with Gasteiger partial charge in [-0.1, -0.05) is 62.4 Å². The second-order valence-corrected chi connectivity index (χ2v) is 13.0. The van der Waals surface area contributed by atoms with Crippen LogP contribution in [0.2, 0.25) is 0 Å². The number of benzene rings is 1. The number of nitrogens with one attached hydrogen (secondary N) is 2. The highest BCUT2D eigenvalue weighted by molar-refractivity contribution is 7.98. The second kappa shape index (κ2) is 16.0. The van der Waals surface area contributed by atoms with Crippen LogP contribution in [-0.2, 0) is 14.3 Å². The minimum atomic E-state index is -0.814. The van der Waals surface area contributed by atoms with Crippen molar-refractivity contribution in [2.75, 3.05) is 18.6 Å². The van der Waals surface area contributed by atoms with Crippen LogP contribution in [0, 0.1) is 6.92 Å². The van der Waals surface area contributed by atoms with Crippen molar-refractivity contribution in [3.63, 3.8) is 0 Å². The van der Waals surface area contributed by atoms with Crippen LogP contribution in [0.4, 0.5) is 4.79 Å². The number of nitrogens with zero attached hydrogens (tertiary/aromatic N) is 1. The fourth-order valence-electron chi connectivity index (χ4n) is 4.05. The first-order chi connectivity index (χ1) is 17.7. The van der Waals surface area contributed by atoms with Gasteiger partial charge in [-0.05, 0) is 78.9 Å². The van der Waals surface area contributed by atoms with Gasteiger partial charge in [0.2, 0.25) is 11.8 Å². The topological polar surface area (TPSA) is 87.7 Å². The number of rotatable bonds is 14. The predicted octanol–water partition coefficient (Wildman–Crippen LogP) is 6.40. The number of carbonyl (C=O) groups is 3. The third-order valence-corrected chi connectivity index (χ3v) is 6.48. The summed E-state index contributed by atoms with van der Waals surface area (Å²) in [6.07, 6.45) is 6.85. The second-order valence-electron chi connectivity index (χ2n) is 12.0. The Morgan fingerprint density at radius 1 is 0.974 bits per heavy atom. The van der Waals surface area contributed by atoms with Gasteiger partial charge in [-0.2, -0.15) is 11.8 Å². The third-order valence-electron chi connectivity index (χ3n) is 5.84. The van der Waals surface area contributed by atoms with Crippen molar-refractivity contribution in [1.82, 2.24) is 15.5 Å². The number of thioether (sulfide) groups is 1. The van der Waals surface area contributed by atoms with Gasteiger partial charge in [0.05, 0.1) is 0 Å². The fourth-order valence-corrected chi connectivity index (χ4v) is 4.53. The molecule has 0 aliphatic carbocycles. The molecule has 38 heavy (non-hydrogen) atoms. The van der Waals surface area contributed by atoms with E-state index in [4.69, 9.17) is 4.74 Å². The summed E-state index contributed by atoms with van der Waals surface area (Å²) in [6.45, 7) is 15.7. The van der Waals surface area contributed by atoms with Crippen molar-refractivity contribution in [2.45, 2.75) is 117 Å². The molecular formula is C30H51N3O4S. The average Bonchev–Trinajstić information content (AvgIpc) is 2.79. The number of alkyl carbamates (subject to hydrolysis) is 1. The van der Waals surface area contributed by atoms with Gasteiger partial charge >= 0.3 is 6.09 Å². The van der Waals surface area contributed by atoms with E-state index in [-0.39, 0.29) is 11.8 Å². The zero-order valence-corrected chi connectivity index (χ0v) is 25.9. The molecule has 2 unspecified atom stereocenters. The van der Waals surface area contributed by atoms with Crippen LogP contribution in [0.15, 0.2) is 24.3 Å². The molecule has 0 radical (unpaired) electrons. The van der Waals surface area contributed by atoms with Crippen molar-refractivity contribution in [2.24, 2.45) is 0 Å². The lowest BCUT2D eigenvalue weighted by molar-refractivity contribution is -0.143. The molecule has 8 heteroatoms. The number of carbonyl (C=O) groups excluding carboxylic acids is 3. The van der Waals surface area contributed by atoms with Gasteiger partial charge in [-0.25, -0.2) is 4.79 Å². The van der Waals surface area contributed by atoms with Gasteiger partial charge in [0.1, 0.15) is 17.7 Å². The molecule has 1 rings (SSSR count). The van der Waals surface area contributed by atoms with Crippen molar-refractivity contribution >= 4 is 29.7 Å². The number of amides is 3. The summed E-state index contributed by atoms with van der Waals surface area (Å²) in [6, 6.07) is 6.13. The number of unbranched alkanes of at least 4 members (excludes halogenated alkanes) is 4. The molecule has 1 aromatic carbocycles. The van der Waals surface area contributed by atoms with Gasteiger partial charge < -0.3 is 20.3 Å². The van der Waals surface area contributed by atoms with Crippen LogP contribution in [0.3, 0.4) is 0 Å². The van der Waals surface area contributed by atoms with E-state index < -0.39 is 29.3 Å². The van der Waals surface area contributed by atoms with Crippen LogP contribution in [0.5, 0.6) is 0 Å². The Morgan fingerprint density at radius 2 is 1.58 bits per heavy atom. The van der Waals surface area contributed by atoms with E-state index in [9.17, 15) is 14.4 Å². The van der Waals surface area contributed by atoms with Crippen molar-refractivity contribution in [3.05, 3.63) is 35.4 Å². The van der Waals surface area contributed by atoms with Gasteiger partial charge in [0.25, 0.3) is 0 Å². The molecule has 1 aromatic rings. The molecule has 7 nitrogen and oxygen atoms in total. The molecule has 0 saturated heterocycles. The Kier molecular flexibility index (Phi) is 14.2. The van der Waals surface area contributed by atoms with Gasteiger partial charge in [-0.15, -0.1) is 0 Å². The zero-order valence-electron chi connectivity index (χ0n) is 25.1. The molecule has 0 saturated carbocycles. The van der Waals surface area contributed by atoms with Crippen molar-refractivity contribution in [1.29, 1.82) is 0 Å². The first-order valence-corrected chi connectivity index (χ1v) is 15.3. The van der Waals surface area contributed by atoms with E-state index in [0.29, 0.717) is 18.7 Å². The molecule has 2 atom stereocenters. The first kappa shape index (κ1) is 33.8. The molecule has 0 fully saturated rings. The summed E-state index contributed by atoms with van der Waals surface area (Å²) < 4.78 is 5.47. The van der Waals surface area contributed by atoms with Gasteiger partial charge in [-0.3, -0.25) is 9.59 Å². The summed E-state index contributed by atoms with van der Waals surface area (Å²) in [5, 5.41) is 5.89. The highest BCUT2D eigenvalue weighted by Gasteiger charge is 2.37. The Hall–Kier alpha value is -2.22. The highest BCUT2D eigenvalue weighted by Crippen LogP contribution is 2.26. The number of hydrogen-bond acceptors (Lipinski definition) is 5. The molecule has 0 spiro atoms. The maximum Gasteiger partial charge on any atom is 0.408 e. The van der Waals surface area contributed by atoms with Crippen LogP contribution >= 0.6 is 11.8 Å². The maximum absolute atomic E-state index is 14.2. The molecule has 0 aromatic heterocycles. The molecule has 2 N–H and O–H groups in total. The summed E-state index contributed by atoms with van der Waals surface area (Å²) >= 11 is 1.60. The summed E-state index contributed by atoms with van der Waals surface area (Å²) in [7, 11) is 0. The first-order valence-electron chi connectivity index (χ1n) is 13.9. The lowest BCUT2D eigenvalue weighted by atomic mass is 9.99. The van der Waals surface area contributed by atoms with E-state index in [1.807, 2.05) is 58.2 Å². The minimum Gasteiger partial charge on any atom is -0.444 e. The maximum atomic E-state index is 14.2. The lowest BCUT2D eigenvalue weighted by Crippen LogP contribution is -2.55. The SMILES string of the molecule is CCCCCCCN(C(=O)C(CCSC)NC(=O)OC(C)(C)C)C(C(=O)NC(C)(C)C)c1ccc(C)cc1. The zero-order chi connectivity index (χ0) is 28.9. The number of aryl methyl sites for hydroxylation is 1. The molecule has 0 heterocycles. The molecule has 0 bridgehead atoms. The quantitative estimate of drug-likeness (QED) is 0.262. The van der Waals surface area contributed by atoms with E-state index in [2.05, 4.69) is 17.6 Å². The molecule has 216 valence electrons. The minimum absolute atomic E-state index is 0.232. The van der Waals surface area contributed by atoms with E-state index >= 15 is 0 Å².